The highest BCUT2D eigenvalue weighted by atomic mass is 19.3. The van der Waals surface area contributed by atoms with Gasteiger partial charge in [0.05, 0.1) is 0 Å². The molecule has 1 aliphatic rings. The van der Waals surface area contributed by atoms with Gasteiger partial charge in [-0.3, -0.25) is 0 Å². The number of aryl methyl sites for hydroxylation is 1. The molecule has 20 heavy (non-hydrogen) atoms. The van der Waals surface area contributed by atoms with E-state index >= 15 is 0 Å². The molecular weight excluding hydrogens is 293 g/mol. The number of hydrogen-bond donors (Lipinski definition) is 0. The van der Waals surface area contributed by atoms with E-state index in [1.54, 1.807) is 6.92 Å². The molecule has 8 heteroatoms. The predicted molar refractivity (Wildman–Crippen MR) is 54.8 cm³/mol. The van der Waals surface area contributed by atoms with Crippen molar-refractivity contribution in [2.24, 2.45) is 0 Å². The van der Waals surface area contributed by atoms with E-state index in [1.807, 2.05) is 0 Å². The van der Waals surface area contributed by atoms with Crippen LogP contribution in [0, 0.1) is 6.92 Å². The Bertz CT molecular complexity index is 560. The molecule has 0 aromatic heterocycles. The maximum absolute atomic E-state index is 13.2. The van der Waals surface area contributed by atoms with Gasteiger partial charge in [0.2, 0.25) is 11.6 Å². The Labute approximate surface area is 108 Å². The summed E-state index contributed by atoms with van der Waals surface area (Å²) in [5, 5.41) is 0. The minimum atomic E-state index is -5.88. The highest BCUT2D eigenvalue weighted by Gasteiger charge is 2.82. The highest BCUT2D eigenvalue weighted by Crippen LogP contribution is 2.59. The molecule has 0 radical (unpaired) electrons. The molecule has 1 aromatic carbocycles. The first kappa shape index (κ1) is 14.7. The van der Waals surface area contributed by atoms with E-state index in [1.165, 1.54) is 12.1 Å². The molecule has 1 aliphatic carbocycles. The van der Waals surface area contributed by atoms with Gasteiger partial charge in [0, 0.05) is 0 Å². The number of hydrogen-bond acceptors (Lipinski definition) is 1. The molecular formula is C12H7F7O. The van der Waals surface area contributed by atoms with Crippen LogP contribution in [-0.2, 0) is 0 Å². The normalized spacial score (nSPS) is 23.0. The van der Waals surface area contributed by atoms with Crippen molar-refractivity contribution in [2.75, 3.05) is 0 Å². The second-order valence-electron chi connectivity index (χ2n) is 4.28. The second kappa shape index (κ2) is 4.13. The van der Waals surface area contributed by atoms with Crippen LogP contribution >= 0.6 is 0 Å². The monoisotopic (exact) mass is 300 g/mol. The molecule has 1 nitrogen and oxygen atoms in total. The fraction of sp³-hybridized carbons (Fsp3) is 0.333. The first-order valence-electron chi connectivity index (χ1n) is 5.30. The van der Waals surface area contributed by atoms with E-state index in [2.05, 4.69) is 4.74 Å². The molecule has 0 heterocycles. The summed E-state index contributed by atoms with van der Waals surface area (Å²) in [6.45, 7) is 1.64. The van der Waals surface area contributed by atoms with Crippen molar-refractivity contribution in [3.8, 4) is 5.75 Å². The summed E-state index contributed by atoms with van der Waals surface area (Å²) < 4.78 is 95.5. The Kier molecular flexibility index (Phi) is 3.03. The molecule has 2 rings (SSSR count). The van der Waals surface area contributed by atoms with E-state index in [-0.39, 0.29) is 0 Å². The average Bonchev–Trinajstić information content (AvgIpc) is 2.43. The highest BCUT2D eigenvalue weighted by molar-refractivity contribution is 5.37. The molecule has 0 N–H and O–H groups in total. The fourth-order valence-electron chi connectivity index (χ4n) is 1.59. The van der Waals surface area contributed by atoms with Gasteiger partial charge in [-0.1, -0.05) is 17.7 Å². The number of alkyl halides is 6. The molecule has 0 aliphatic heterocycles. The summed E-state index contributed by atoms with van der Waals surface area (Å²) in [5.41, 5.74) is 0.681. The van der Waals surface area contributed by atoms with E-state index in [4.69, 9.17) is 0 Å². The smallest absolute Gasteiger partial charge is 0.386 e. The van der Waals surface area contributed by atoms with Gasteiger partial charge in [0.1, 0.15) is 5.75 Å². The van der Waals surface area contributed by atoms with Crippen molar-refractivity contribution in [1.82, 2.24) is 0 Å². The van der Waals surface area contributed by atoms with Crippen LogP contribution in [-0.4, -0.2) is 17.8 Å². The fourth-order valence-corrected chi connectivity index (χ4v) is 1.59. The molecule has 0 fully saturated rings. The summed E-state index contributed by atoms with van der Waals surface area (Å²) in [5.74, 6) is -22.7. The predicted octanol–water partition coefficient (Wildman–Crippen LogP) is 4.47. The topological polar surface area (TPSA) is 9.23 Å². The maximum Gasteiger partial charge on any atom is 0.386 e. The average molecular weight is 300 g/mol. The lowest BCUT2D eigenvalue weighted by atomic mass is 10.1. The van der Waals surface area contributed by atoms with Crippen LogP contribution in [0.15, 0.2) is 35.9 Å². The van der Waals surface area contributed by atoms with Gasteiger partial charge >= 0.3 is 17.8 Å². The van der Waals surface area contributed by atoms with Crippen molar-refractivity contribution in [3.05, 3.63) is 41.4 Å². The summed E-state index contributed by atoms with van der Waals surface area (Å²) in [7, 11) is 0. The largest absolute Gasteiger partial charge is 0.452 e. The zero-order valence-electron chi connectivity index (χ0n) is 9.86. The molecule has 0 unspecified atom stereocenters. The number of rotatable bonds is 2. The third kappa shape index (κ3) is 1.77. The van der Waals surface area contributed by atoms with Gasteiger partial charge in [-0.05, 0) is 19.1 Å². The summed E-state index contributed by atoms with van der Waals surface area (Å²) >= 11 is 0. The standard InChI is InChI=1S/C12H7F7O/c1-6-2-4-7(5-3-6)20-9-8(13)10(14,15)12(18,19)11(9,16)17/h2-5H,1H3. The van der Waals surface area contributed by atoms with Crippen LogP contribution in [0.5, 0.6) is 5.75 Å². The van der Waals surface area contributed by atoms with Gasteiger partial charge in [-0.15, -0.1) is 0 Å². The Hall–Kier alpha value is -1.73. The molecule has 0 saturated carbocycles. The van der Waals surface area contributed by atoms with Crippen LogP contribution in [0.25, 0.3) is 0 Å². The van der Waals surface area contributed by atoms with Crippen molar-refractivity contribution >= 4 is 0 Å². The molecule has 110 valence electrons. The summed E-state index contributed by atoms with van der Waals surface area (Å²) in [6.07, 6.45) is 0. The van der Waals surface area contributed by atoms with E-state index in [0.717, 1.165) is 12.1 Å². The van der Waals surface area contributed by atoms with Crippen molar-refractivity contribution < 1.29 is 35.5 Å². The van der Waals surface area contributed by atoms with E-state index in [0.29, 0.717) is 5.56 Å². The van der Waals surface area contributed by atoms with Gasteiger partial charge in [-0.2, -0.15) is 26.3 Å². The van der Waals surface area contributed by atoms with Crippen LogP contribution in [0.4, 0.5) is 30.7 Å². The van der Waals surface area contributed by atoms with Gasteiger partial charge < -0.3 is 4.74 Å². The molecule has 0 saturated heterocycles. The lowest BCUT2D eigenvalue weighted by Gasteiger charge is -2.23. The van der Waals surface area contributed by atoms with Gasteiger partial charge in [0.15, 0.2) is 0 Å². The van der Waals surface area contributed by atoms with Crippen molar-refractivity contribution in [3.63, 3.8) is 0 Å². The third-order valence-corrected chi connectivity index (χ3v) is 2.79. The lowest BCUT2D eigenvalue weighted by Crippen LogP contribution is -2.49. The van der Waals surface area contributed by atoms with Crippen LogP contribution in [0.3, 0.4) is 0 Å². The second-order valence-corrected chi connectivity index (χ2v) is 4.28. The first-order valence-corrected chi connectivity index (χ1v) is 5.30. The number of halogens is 7. The van der Waals surface area contributed by atoms with E-state index in [9.17, 15) is 30.7 Å². The Balaban J connectivity index is 2.45. The summed E-state index contributed by atoms with van der Waals surface area (Å²) in [6, 6.07) is 4.86. The van der Waals surface area contributed by atoms with Crippen LogP contribution in [0.2, 0.25) is 0 Å². The molecule has 1 aromatic rings. The van der Waals surface area contributed by atoms with Crippen LogP contribution < -0.4 is 4.74 Å². The maximum atomic E-state index is 13.2. The molecule has 0 amide bonds. The van der Waals surface area contributed by atoms with Crippen LogP contribution in [0.1, 0.15) is 5.56 Å². The first-order chi connectivity index (χ1) is 9.01. The molecule has 0 spiro atoms. The lowest BCUT2D eigenvalue weighted by molar-refractivity contribution is -0.272. The SMILES string of the molecule is Cc1ccc(OC2=C(F)C(F)(F)C(F)(F)C2(F)F)cc1. The summed E-state index contributed by atoms with van der Waals surface area (Å²) in [4.78, 5) is 0. The zero-order valence-corrected chi connectivity index (χ0v) is 9.86. The molecule has 0 bridgehead atoms. The minimum Gasteiger partial charge on any atom is -0.452 e. The number of ether oxygens (including phenoxy) is 1. The minimum absolute atomic E-state index is 0.450. The zero-order chi connectivity index (χ0) is 15.3. The van der Waals surface area contributed by atoms with Crippen molar-refractivity contribution in [1.29, 1.82) is 0 Å². The molecule has 0 atom stereocenters. The van der Waals surface area contributed by atoms with Gasteiger partial charge in [-0.25, -0.2) is 4.39 Å². The number of benzene rings is 1. The Morgan fingerprint density at radius 1 is 0.850 bits per heavy atom. The van der Waals surface area contributed by atoms with Gasteiger partial charge in [0.25, 0.3) is 0 Å². The Morgan fingerprint density at radius 2 is 1.35 bits per heavy atom. The van der Waals surface area contributed by atoms with E-state index < -0.39 is 35.1 Å². The van der Waals surface area contributed by atoms with Crippen molar-refractivity contribution in [2.45, 2.75) is 24.7 Å². The number of allylic oxidation sites excluding steroid dienone is 2. The third-order valence-electron chi connectivity index (χ3n) is 2.79. The quantitative estimate of drug-likeness (QED) is 0.732. The Morgan fingerprint density at radius 3 is 1.75 bits per heavy atom.